The van der Waals surface area contributed by atoms with Crippen LogP contribution in [0.2, 0.25) is 0 Å². The first-order chi connectivity index (χ1) is 8.64. The number of hydrogen-bond acceptors (Lipinski definition) is 6. The van der Waals surface area contributed by atoms with Gasteiger partial charge >= 0.3 is 21.1 Å². The van der Waals surface area contributed by atoms with Gasteiger partial charge in [-0.1, -0.05) is 0 Å². The zero-order chi connectivity index (χ0) is 14.7. The molecule has 106 valence electrons. The van der Waals surface area contributed by atoms with E-state index < -0.39 is 21.1 Å². The number of phosphoric ester groups is 1. The Morgan fingerprint density at radius 2 is 1.53 bits per heavy atom. The fourth-order valence-electron chi connectivity index (χ4n) is 0.970. The van der Waals surface area contributed by atoms with Crippen molar-refractivity contribution in [1.82, 2.24) is 0 Å². The van der Waals surface area contributed by atoms with Crippen molar-refractivity contribution in [3.8, 4) is 11.5 Å². The SMILES string of the molecule is COc1ccc(OP(=O)(O)C(=O)OP(=O)(O)O)cc1. The summed E-state index contributed by atoms with van der Waals surface area (Å²) in [6.07, 6.45) is 0. The Bertz CT molecular complexity index is 546. The summed E-state index contributed by atoms with van der Waals surface area (Å²) in [5.41, 5.74) is -2.04. The molecule has 0 fully saturated rings. The predicted molar refractivity (Wildman–Crippen MR) is 62.0 cm³/mol. The molecule has 0 aromatic heterocycles. The van der Waals surface area contributed by atoms with Gasteiger partial charge in [0.1, 0.15) is 11.5 Å². The normalized spacial score (nSPS) is 14.3. The molecule has 11 heteroatoms. The number of hydrogen-bond donors (Lipinski definition) is 3. The molecule has 0 radical (unpaired) electrons. The van der Waals surface area contributed by atoms with Gasteiger partial charge in [0.05, 0.1) is 7.11 Å². The molecule has 0 aliphatic heterocycles. The molecule has 0 bridgehead atoms. The fourth-order valence-corrected chi connectivity index (χ4v) is 2.39. The summed E-state index contributed by atoms with van der Waals surface area (Å²) in [5.74, 6) is 0.271. The molecule has 19 heavy (non-hydrogen) atoms. The van der Waals surface area contributed by atoms with Crippen LogP contribution in [-0.2, 0) is 13.7 Å². The third kappa shape index (κ3) is 5.02. The molecular weight excluding hydrogens is 302 g/mol. The molecule has 3 N–H and O–H groups in total. The van der Waals surface area contributed by atoms with Crippen LogP contribution in [0.25, 0.3) is 0 Å². The van der Waals surface area contributed by atoms with Gasteiger partial charge in [-0.25, -0.2) is 13.9 Å². The van der Waals surface area contributed by atoms with Crippen LogP contribution < -0.4 is 9.26 Å². The Hall–Kier alpha value is -1.37. The molecule has 0 spiro atoms. The highest BCUT2D eigenvalue weighted by Crippen LogP contribution is 2.50. The van der Waals surface area contributed by atoms with E-state index in [1.54, 1.807) is 0 Å². The van der Waals surface area contributed by atoms with Crippen molar-refractivity contribution < 1.29 is 42.4 Å². The second-order valence-electron chi connectivity index (χ2n) is 3.13. The van der Waals surface area contributed by atoms with Crippen molar-refractivity contribution >= 4 is 21.1 Å². The van der Waals surface area contributed by atoms with Gasteiger partial charge in [0, 0.05) is 0 Å². The van der Waals surface area contributed by atoms with Crippen LogP contribution in [0.1, 0.15) is 0 Å². The van der Waals surface area contributed by atoms with Crippen LogP contribution in [0.15, 0.2) is 24.3 Å². The second kappa shape index (κ2) is 5.73. The lowest BCUT2D eigenvalue weighted by atomic mass is 10.3. The summed E-state index contributed by atoms with van der Waals surface area (Å²) in [4.78, 5) is 36.9. The first-order valence-electron chi connectivity index (χ1n) is 4.60. The average molecular weight is 312 g/mol. The van der Waals surface area contributed by atoms with Gasteiger partial charge in [0.25, 0.3) is 0 Å². The monoisotopic (exact) mass is 312 g/mol. The van der Waals surface area contributed by atoms with Crippen LogP contribution in [0.3, 0.4) is 0 Å². The van der Waals surface area contributed by atoms with Crippen LogP contribution >= 0.6 is 15.4 Å². The number of phosphoric acid groups is 1. The van der Waals surface area contributed by atoms with E-state index in [9.17, 15) is 18.8 Å². The number of methoxy groups -OCH3 is 1. The molecule has 1 unspecified atom stereocenters. The fraction of sp³-hybridized carbons (Fsp3) is 0.125. The smallest absolute Gasteiger partial charge is 0.497 e. The van der Waals surface area contributed by atoms with Crippen molar-refractivity contribution in [2.45, 2.75) is 0 Å². The summed E-state index contributed by atoms with van der Waals surface area (Å²) >= 11 is 0. The van der Waals surface area contributed by atoms with Crippen molar-refractivity contribution in [2.24, 2.45) is 0 Å². The molecule has 1 aromatic rings. The minimum absolute atomic E-state index is 0.172. The zero-order valence-corrected chi connectivity index (χ0v) is 11.3. The predicted octanol–water partition coefficient (Wildman–Crippen LogP) is 1.49. The molecular formula is C8H10O9P2. The van der Waals surface area contributed by atoms with Crippen molar-refractivity contribution in [2.75, 3.05) is 7.11 Å². The maximum absolute atomic E-state index is 11.4. The van der Waals surface area contributed by atoms with Gasteiger partial charge in [0.2, 0.25) is 0 Å². The van der Waals surface area contributed by atoms with E-state index >= 15 is 0 Å². The van der Waals surface area contributed by atoms with Crippen LogP contribution in [-0.4, -0.2) is 27.5 Å². The quantitative estimate of drug-likeness (QED) is 0.689. The van der Waals surface area contributed by atoms with Gasteiger partial charge in [0.15, 0.2) is 0 Å². The van der Waals surface area contributed by atoms with Gasteiger partial charge in [-0.3, -0.25) is 9.79 Å². The van der Waals surface area contributed by atoms with E-state index in [-0.39, 0.29) is 5.75 Å². The molecule has 0 aliphatic rings. The van der Waals surface area contributed by atoms with E-state index in [1.165, 1.54) is 31.4 Å². The molecule has 1 aromatic carbocycles. The average Bonchev–Trinajstić information content (AvgIpc) is 2.27. The van der Waals surface area contributed by atoms with E-state index in [0.717, 1.165) is 0 Å². The van der Waals surface area contributed by atoms with E-state index in [0.29, 0.717) is 5.75 Å². The van der Waals surface area contributed by atoms with E-state index in [2.05, 4.69) is 9.05 Å². The minimum atomic E-state index is -5.22. The highest BCUT2D eigenvalue weighted by atomic mass is 31.2. The van der Waals surface area contributed by atoms with Crippen LogP contribution in [0.4, 0.5) is 4.79 Å². The second-order valence-corrected chi connectivity index (χ2v) is 5.89. The highest BCUT2D eigenvalue weighted by Gasteiger charge is 2.39. The number of ether oxygens (including phenoxy) is 1. The largest absolute Gasteiger partial charge is 0.527 e. The van der Waals surface area contributed by atoms with Gasteiger partial charge < -0.3 is 18.7 Å². The number of carbonyl (C=O) groups is 1. The van der Waals surface area contributed by atoms with Gasteiger partial charge in [-0.15, -0.1) is 0 Å². The third-order valence-electron chi connectivity index (χ3n) is 1.72. The summed E-state index contributed by atoms with van der Waals surface area (Å²) in [6.45, 7) is 0. The van der Waals surface area contributed by atoms with E-state index in [1.807, 2.05) is 0 Å². The third-order valence-corrected chi connectivity index (χ3v) is 3.28. The lowest BCUT2D eigenvalue weighted by molar-refractivity contribution is 0.189. The number of benzene rings is 1. The summed E-state index contributed by atoms with van der Waals surface area (Å²) in [7, 11) is -8.83. The summed E-state index contributed by atoms with van der Waals surface area (Å²) in [5, 5.41) is 0. The molecule has 0 amide bonds. The molecule has 0 saturated carbocycles. The highest BCUT2D eigenvalue weighted by molar-refractivity contribution is 7.71. The molecule has 9 nitrogen and oxygen atoms in total. The number of rotatable bonds is 5. The Kier molecular flexibility index (Phi) is 4.73. The summed E-state index contributed by atoms with van der Waals surface area (Å²) in [6, 6.07) is 5.24. The Labute approximate surface area is 107 Å². The minimum Gasteiger partial charge on any atom is -0.497 e. The Morgan fingerprint density at radius 3 is 1.95 bits per heavy atom. The topological polar surface area (TPSA) is 140 Å². The first kappa shape index (κ1) is 15.7. The summed E-state index contributed by atoms with van der Waals surface area (Å²) < 4.78 is 34.5. The van der Waals surface area contributed by atoms with Crippen molar-refractivity contribution in [3.63, 3.8) is 0 Å². The standard InChI is InChI=1S/C8H10O9P2/c1-15-6-2-4-7(5-3-6)16-18(10,11)8(9)17-19(12,13)14/h2-5H,1H3,(H,10,11)(H2,12,13,14). The zero-order valence-electron chi connectivity index (χ0n) is 9.49. The van der Waals surface area contributed by atoms with Crippen LogP contribution in [0.5, 0.6) is 11.5 Å². The maximum atomic E-state index is 11.4. The van der Waals surface area contributed by atoms with Crippen molar-refractivity contribution in [3.05, 3.63) is 24.3 Å². The Balaban J connectivity index is 2.81. The molecule has 1 atom stereocenters. The van der Waals surface area contributed by atoms with Crippen molar-refractivity contribution in [1.29, 1.82) is 0 Å². The maximum Gasteiger partial charge on any atom is 0.527 e. The molecule has 0 saturated heterocycles. The first-order valence-corrected chi connectivity index (χ1v) is 7.71. The van der Waals surface area contributed by atoms with E-state index in [4.69, 9.17) is 14.5 Å². The van der Waals surface area contributed by atoms with Gasteiger partial charge in [-0.2, -0.15) is 0 Å². The lowest BCUT2D eigenvalue weighted by Gasteiger charge is -2.12. The van der Waals surface area contributed by atoms with Crippen LogP contribution in [0, 0.1) is 0 Å². The lowest BCUT2D eigenvalue weighted by Crippen LogP contribution is -2.06. The Morgan fingerprint density at radius 1 is 1.05 bits per heavy atom. The molecule has 0 heterocycles. The van der Waals surface area contributed by atoms with Gasteiger partial charge in [-0.05, 0) is 24.3 Å². The molecule has 0 aliphatic carbocycles. The number of carbonyl (C=O) groups excluding carboxylic acids is 1. The molecule has 1 rings (SSSR count).